The third-order valence-corrected chi connectivity index (χ3v) is 5.86. The summed E-state index contributed by atoms with van der Waals surface area (Å²) in [6.45, 7) is 2.05. The Balaban J connectivity index is 1.43. The summed E-state index contributed by atoms with van der Waals surface area (Å²) in [4.78, 5) is 24.4. The van der Waals surface area contributed by atoms with Gasteiger partial charge in [0.25, 0.3) is 0 Å². The molecule has 0 radical (unpaired) electrons. The Labute approximate surface area is 207 Å². The summed E-state index contributed by atoms with van der Waals surface area (Å²) in [6, 6.07) is 11.7. The zero-order chi connectivity index (χ0) is 26.3. The van der Waals surface area contributed by atoms with Gasteiger partial charge in [0.2, 0.25) is 0 Å². The number of alkyl halides is 3. The Morgan fingerprint density at radius 3 is 2.22 bits per heavy atom. The lowest BCUT2D eigenvalue weighted by Gasteiger charge is -2.27. The zero-order valence-electron chi connectivity index (χ0n) is 19.8. The minimum absolute atomic E-state index is 0.0886. The van der Waals surface area contributed by atoms with Gasteiger partial charge >= 0.3 is 18.3 Å². The molecule has 3 rings (SSSR count). The summed E-state index contributed by atoms with van der Waals surface area (Å²) in [7, 11) is 0. The molecule has 10 heteroatoms. The van der Waals surface area contributed by atoms with Crippen LogP contribution in [0.4, 0.5) is 24.5 Å². The van der Waals surface area contributed by atoms with E-state index in [-0.39, 0.29) is 38.2 Å². The van der Waals surface area contributed by atoms with Gasteiger partial charge in [-0.1, -0.05) is 19.1 Å². The van der Waals surface area contributed by atoms with Crippen LogP contribution in [0.2, 0.25) is 0 Å². The molecule has 2 aromatic carbocycles. The highest BCUT2D eigenvalue weighted by Crippen LogP contribution is 2.32. The number of carbonyl (C=O) groups is 2. The molecular formula is C26H29F3N2O5. The molecule has 0 amide bonds. The van der Waals surface area contributed by atoms with Gasteiger partial charge in [-0.25, -0.2) is 4.79 Å². The lowest BCUT2D eigenvalue weighted by atomic mass is 9.87. The van der Waals surface area contributed by atoms with Gasteiger partial charge in [0.05, 0.1) is 18.6 Å². The molecule has 0 aliphatic heterocycles. The number of halogens is 3. The van der Waals surface area contributed by atoms with E-state index in [9.17, 15) is 22.8 Å². The molecule has 1 atom stereocenters. The molecule has 1 fully saturated rings. The molecule has 2 aromatic rings. The van der Waals surface area contributed by atoms with Crippen molar-refractivity contribution in [2.24, 2.45) is 5.92 Å². The SMILES string of the molecule is CC(COC(=O)/C=C/c1ccc(OC(=O)C2CCC(OC(F)(F)F)CC2)cc1)c1cc(N)cc(N)c1. The fourth-order valence-electron chi connectivity index (χ4n) is 3.95. The number of esters is 2. The first kappa shape index (κ1) is 27.1. The predicted molar refractivity (Wildman–Crippen MR) is 129 cm³/mol. The molecule has 36 heavy (non-hydrogen) atoms. The summed E-state index contributed by atoms with van der Waals surface area (Å²) in [5.41, 5.74) is 14.2. The first-order valence-electron chi connectivity index (χ1n) is 11.6. The zero-order valence-corrected chi connectivity index (χ0v) is 19.8. The molecule has 1 aliphatic carbocycles. The molecule has 1 aliphatic rings. The second kappa shape index (κ2) is 11.9. The molecule has 7 nitrogen and oxygen atoms in total. The third kappa shape index (κ3) is 8.60. The van der Waals surface area contributed by atoms with Crippen LogP contribution in [0.25, 0.3) is 6.08 Å². The maximum Gasteiger partial charge on any atom is 0.522 e. The van der Waals surface area contributed by atoms with Gasteiger partial charge in [0.15, 0.2) is 0 Å². The van der Waals surface area contributed by atoms with E-state index in [4.69, 9.17) is 20.9 Å². The second-order valence-electron chi connectivity index (χ2n) is 8.82. The fourth-order valence-corrected chi connectivity index (χ4v) is 3.95. The van der Waals surface area contributed by atoms with E-state index in [1.54, 1.807) is 48.5 Å². The summed E-state index contributed by atoms with van der Waals surface area (Å²) >= 11 is 0. The number of carbonyl (C=O) groups excluding carboxylic acids is 2. The Kier molecular flexibility index (Phi) is 8.98. The van der Waals surface area contributed by atoms with Gasteiger partial charge in [-0.3, -0.25) is 9.53 Å². The van der Waals surface area contributed by atoms with Gasteiger partial charge in [0.1, 0.15) is 5.75 Å². The highest BCUT2D eigenvalue weighted by atomic mass is 19.4. The van der Waals surface area contributed by atoms with E-state index >= 15 is 0 Å². The standard InChI is InChI=1S/C26H29F3N2O5/c1-16(19-12-20(30)14-21(31)13-19)15-34-24(32)11-4-17-2-7-22(8-3-17)35-25(33)18-5-9-23(10-6-18)36-26(27,28)29/h2-4,7-8,11-14,16,18,23H,5-6,9-10,15,30-31H2,1H3/b11-4+. The van der Waals surface area contributed by atoms with Crippen LogP contribution in [-0.2, 0) is 19.1 Å². The average Bonchev–Trinajstić information content (AvgIpc) is 2.81. The van der Waals surface area contributed by atoms with E-state index in [2.05, 4.69) is 4.74 Å². The van der Waals surface area contributed by atoms with Crippen LogP contribution >= 0.6 is 0 Å². The van der Waals surface area contributed by atoms with E-state index in [1.165, 1.54) is 6.08 Å². The largest absolute Gasteiger partial charge is 0.522 e. The Morgan fingerprint density at radius 2 is 1.64 bits per heavy atom. The van der Waals surface area contributed by atoms with Crippen molar-refractivity contribution in [3.63, 3.8) is 0 Å². The molecule has 4 N–H and O–H groups in total. The maximum atomic E-state index is 12.4. The highest BCUT2D eigenvalue weighted by Gasteiger charge is 2.36. The van der Waals surface area contributed by atoms with Gasteiger partial charge in [0, 0.05) is 23.4 Å². The number of hydrogen-bond donors (Lipinski definition) is 2. The number of nitrogens with two attached hydrogens (primary N) is 2. The summed E-state index contributed by atoms with van der Waals surface area (Å²) < 4.78 is 51.6. The molecule has 0 bridgehead atoms. The lowest BCUT2D eigenvalue weighted by Crippen LogP contribution is -2.32. The topological polar surface area (TPSA) is 114 Å². The van der Waals surface area contributed by atoms with Crippen LogP contribution < -0.4 is 16.2 Å². The van der Waals surface area contributed by atoms with Crippen LogP contribution in [0, 0.1) is 5.92 Å². The molecular weight excluding hydrogens is 477 g/mol. The number of hydrogen-bond acceptors (Lipinski definition) is 7. The minimum Gasteiger partial charge on any atom is -0.462 e. The van der Waals surface area contributed by atoms with Crippen molar-refractivity contribution in [2.75, 3.05) is 18.1 Å². The Morgan fingerprint density at radius 1 is 1.03 bits per heavy atom. The van der Waals surface area contributed by atoms with Crippen molar-refractivity contribution >= 4 is 29.4 Å². The lowest BCUT2D eigenvalue weighted by molar-refractivity contribution is -0.345. The van der Waals surface area contributed by atoms with Gasteiger partial charge in [-0.2, -0.15) is 0 Å². The highest BCUT2D eigenvalue weighted by molar-refractivity contribution is 5.87. The number of ether oxygens (including phenoxy) is 3. The normalized spacial score (nSPS) is 19.1. The predicted octanol–water partition coefficient (Wildman–Crippen LogP) is 5.21. The third-order valence-electron chi connectivity index (χ3n) is 5.86. The second-order valence-corrected chi connectivity index (χ2v) is 8.82. The monoisotopic (exact) mass is 506 g/mol. The number of rotatable bonds is 8. The van der Waals surface area contributed by atoms with E-state index < -0.39 is 30.3 Å². The number of anilines is 2. The van der Waals surface area contributed by atoms with Crippen LogP contribution in [0.5, 0.6) is 5.75 Å². The van der Waals surface area contributed by atoms with Gasteiger partial charge in [-0.15, -0.1) is 13.2 Å². The van der Waals surface area contributed by atoms with E-state index in [0.717, 1.165) is 5.56 Å². The van der Waals surface area contributed by atoms with Crippen molar-refractivity contribution in [2.45, 2.75) is 51.0 Å². The quantitative estimate of drug-likeness (QED) is 0.219. The Bertz CT molecular complexity index is 1060. The van der Waals surface area contributed by atoms with Gasteiger partial charge in [-0.05, 0) is 73.2 Å². The fraction of sp³-hybridized carbons (Fsp3) is 0.385. The van der Waals surface area contributed by atoms with Crippen LogP contribution in [0.15, 0.2) is 48.5 Å². The Hall–Kier alpha value is -3.53. The molecule has 0 saturated heterocycles. The van der Waals surface area contributed by atoms with Crippen LogP contribution in [0.1, 0.15) is 49.7 Å². The minimum atomic E-state index is -4.67. The van der Waals surface area contributed by atoms with Crippen LogP contribution in [-0.4, -0.2) is 31.0 Å². The van der Waals surface area contributed by atoms with Crippen molar-refractivity contribution in [1.29, 1.82) is 0 Å². The summed E-state index contributed by atoms with van der Waals surface area (Å²) in [5.74, 6) is -1.25. The molecule has 1 saturated carbocycles. The number of benzene rings is 2. The summed E-state index contributed by atoms with van der Waals surface area (Å²) in [5, 5.41) is 0. The molecule has 0 aromatic heterocycles. The average molecular weight is 507 g/mol. The van der Waals surface area contributed by atoms with Gasteiger partial charge < -0.3 is 20.9 Å². The molecule has 194 valence electrons. The van der Waals surface area contributed by atoms with Crippen molar-refractivity contribution in [1.82, 2.24) is 0 Å². The van der Waals surface area contributed by atoms with Crippen LogP contribution in [0.3, 0.4) is 0 Å². The van der Waals surface area contributed by atoms with E-state index in [0.29, 0.717) is 22.7 Å². The first-order chi connectivity index (χ1) is 17.0. The van der Waals surface area contributed by atoms with Crippen molar-refractivity contribution in [3.8, 4) is 5.75 Å². The maximum absolute atomic E-state index is 12.4. The molecule has 0 heterocycles. The number of nitrogen functional groups attached to an aromatic ring is 2. The molecule has 0 spiro atoms. The van der Waals surface area contributed by atoms with Crippen molar-refractivity contribution < 1.29 is 37.0 Å². The van der Waals surface area contributed by atoms with Crippen molar-refractivity contribution in [3.05, 3.63) is 59.7 Å². The smallest absolute Gasteiger partial charge is 0.462 e. The molecule has 1 unspecified atom stereocenters. The first-order valence-corrected chi connectivity index (χ1v) is 11.6. The summed E-state index contributed by atoms with van der Waals surface area (Å²) in [6.07, 6.45) is -1.90. The van der Waals surface area contributed by atoms with E-state index in [1.807, 2.05) is 6.92 Å².